The Balaban J connectivity index is 1.02. The molecule has 2 aliphatic carbocycles. The van der Waals surface area contributed by atoms with Crippen molar-refractivity contribution in [2.24, 2.45) is 5.41 Å². The zero-order chi connectivity index (χ0) is 41.2. The van der Waals surface area contributed by atoms with Crippen molar-refractivity contribution in [3.8, 4) is 45.0 Å². The SMILES string of the molecule is CC(C)(C)OC(=O)N1CC2(CC2)CC1c1ncc(-c2ccc3c(c2)C(F)(F)C(F)(F)c2cc(-c4ccc5nc(-c6cccn6C(=O)OC(C)(C)C)[nH]c5c4)ccc2-3)[nH]1. The van der Waals surface area contributed by atoms with Gasteiger partial charge in [-0.3, -0.25) is 4.90 Å². The molecular weight excluding hydrogens is 753 g/mol. The second kappa shape index (κ2) is 12.5. The predicted octanol–water partition coefficient (Wildman–Crippen LogP) is 11.2. The number of nitrogens with one attached hydrogen (secondary N) is 2. The van der Waals surface area contributed by atoms with E-state index in [1.165, 1.54) is 22.9 Å². The summed E-state index contributed by atoms with van der Waals surface area (Å²) in [6.45, 7) is 11.2. The molecule has 1 unspecified atom stereocenters. The van der Waals surface area contributed by atoms with Crippen LogP contribution in [0.4, 0.5) is 27.2 Å². The van der Waals surface area contributed by atoms with Crippen molar-refractivity contribution in [3.63, 3.8) is 0 Å². The number of halogens is 4. The predicted molar refractivity (Wildman–Crippen MR) is 209 cm³/mol. The second-order valence-electron chi connectivity index (χ2n) is 17.7. The van der Waals surface area contributed by atoms with Gasteiger partial charge in [0.1, 0.15) is 17.0 Å². The number of carbonyl (C=O) groups excluding carboxylic acids is 2. The van der Waals surface area contributed by atoms with Gasteiger partial charge in [0.2, 0.25) is 0 Å². The Hall–Kier alpha value is -5.92. The van der Waals surface area contributed by atoms with Gasteiger partial charge in [-0.1, -0.05) is 30.3 Å². The highest BCUT2D eigenvalue weighted by atomic mass is 19.3. The van der Waals surface area contributed by atoms with Crippen LogP contribution in [0.2, 0.25) is 0 Å². The molecule has 1 amide bonds. The van der Waals surface area contributed by atoms with E-state index in [1.807, 2.05) is 0 Å². The van der Waals surface area contributed by atoms with Gasteiger partial charge in [-0.15, -0.1) is 0 Å². The van der Waals surface area contributed by atoms with Crippen LogP contribution in [0.5, 0.6) is 0 Å². The van der Waals surface area contributed by atoms with Crippen molar-refractivity contribution < 1.29 is 36.6 Å². The molecule has 1 aliphatic heterocycles. The summed E-state index contributed by atoms with van der Waals surface area (Å²) in [5.41, 5.74) is 0.0679. The molecule has 3 aromatic carbocycles. The number of likely N-dealkylation sites (tertiary alicyclic amines) is 1. The number of ether oxygens (including phenoxy) is 2. The Bertz CT molecular complexity index is 2640. The molecule has 9 rings (SSSR count). The molecule has 1 atom stereocenters. The van der Waals surface area contributed by atoms with Gasteiger partial charge in [-0.2, -0.15) is 17.6 Å². The van der Waals surface area contributed by atoms with Crippen molar-refractivity contribution in [3.05, 3.63) is 96.1 Å². The van der Waals surface area contributed by atoms with E-state index in [0.717, 1.165) is 25.0 Å². The highest BCUT2D eigenvalue weighted by Gasteiger charge is 2.63. The number of benzene rings is 3. The maximum Gasteiger partial charge on any atom is 0.419 e. The smallest absolute Gasteiger partial charge is 0.419 e. The van der Waals surface area contributed by atoms with E-state index >= 15 is 17.6 Å². The topological polar surface area (TPSA) is 118 Å². The van der Waals surface area contributed by atoms with Gasteiger partial charge in [0, 0.05) is 29.4 Å². The van der Waals surface area contributed by atoms with Crippen LogP contribution in [-0.4, -0.2) is 59.3 Å². The minimum atomic E-state index is -4.55. The van der Waals surface area contributed by atoms with Gasteiger partial charge in [0.25, 0.3) is 0 Å². The first-order chi connectivity index (χ1) is 27.2. The number of aromatic nitrogens is 5. The molecule has 2 fully saturated rings. The highest BCUT2D eigenvalue weighted by Crippen LogP contribution is 2.60. The Labute approximate surface area is 331 Å². The van der Waals surface area contributed by atoms with Gasteiger partial charge >= 0.3 is 24.0 Å². The number of aromatic amines is 2. The number of H-pyrrole nitrogens is 2. The first-order valence-electron chi connectivity index (χ1n) is 19.2. The van der Waals surface area contributed by atoms with Gasteiger partial charge in [-0.05, 0) is 125 Å². The number of hydrogen-bond acceptors (Lipinski definition) is 6. The van der Waals surface area contributed by atoms with E-state index in [1.54, 1.807) is 95.1 Å². The zero-order valence-electron chi connectivity index (χ0n) is 32.8. The molecule has 1 saturated carbocycles. The summed E-state index contributed by atoms with van der Waals surface area (Å²) >= 11 is 0. The molecule has 300 valence electrons. The molecule has 3 aromatic heterocycles. The lowest BCUT2D eigenvalue weighted by atomic mass is 9.78. The number of hydrogen-bond donors (Lipinski definition) is 2. The molecule has 6 aromatic rings. The molecule has 2 N–H and O–H groups in total. The summed E-state index contributed by atoms with van der Waals surface area (Å²) < 4.78 is 77.1. The van der Waals surface area contributed by atoms with Gasteiger partial charge in [-0.25, -0.2) is 24.1 Å². The van der Waals surface area contributed by atoms with E-state index in [2.05, 4.69) is 19.9 Å². The third kappa shape index (κ3) is 6.33. The standard InChI is InChI=1S/C44H42F4N6O4/c1-40(2,3)57-38(55)53-17-7-8-34(53)37-50-31-14-11-25(20-32(31)51-37)24-9-12-27-28-13-10-26(19-30(28)44(47,48)43(45,46)29(27)18-24)33-22-49-36(52-33)35-21-42(15-16-42)23-54(35)39(56)58-41(4,5)6/h7-14,17-20,22,35H,15-16,21,23H2,1-6H3,(H,49,52)(H,50,51). The van der Waals surface area contributed by atoms with Crippen LogP contribution in [0.15, 0.2) is 79.1 Å². The number of fused-ring (bicyclic) bond motifs is 4. The number of amides is 1. The van der Waals surface area contributed by atoms with Crippen molar-refractivity contribution in [1.82, 2.24) is 29.4 Å². The molecule has 3 aliphatic rings. The Morgan fingerprint density at radius 2 is 1.38 bits per heavy atom. The fourth-order valence-electron chi connectivity index (χ4n) is 8.12. The summed E-state index contributed by atoms with van der Waals surface area (Å²) in [4.78, 5) is 43.2. The Morgan fingerprint density at radius 1 is 0.776 bits per heavy atom. The van der Waals surface area contributed by atoms with Crippen molar-refractivity contribution >= 4 is 23.2 Å². The third-order valence-corrected chi connectivity index (χ3v) is 11.1. The molecule has 14 heteroatoms. The van der Waals surface area contributed by atoms with Gasteiger partial charge in [0.05, 0.1) is 34.7 Å². The number of alkyl halides is 4. The summed E-state index contributed by atoms with van der Waals surface area (Å²) in [7, 11) is 0. The third-order valence-electron chi connectivity index (χ3n) is 11.1. The van der Waals surface area contributed by atoms with Crippen LogP contribution in [0.1, 0.15) is 83.8 Å². The summed E-state index contributed by atoms with van der Waals surface area (Å²) in [6.07, 6.45) is 4.69. The zero-order valence-corrected chi connectivity index (χ0v) is 32.8. The first kappa shape index (κ1) is 37.6. The Morgan fingerprint density at radius 3 is 2.03 bits per heavy atom. The molecule has 1 spiro atoms. The van der Waals surface area contributed by atoms with Crippen LogP contribution >= 0.6 is 0 Å². The maximum atomic E-state index is 16.2. The summed E-state index contributed by atoms with van der Waals surface area (Å²) in [6, 6.07) is 16.4. The van der Waals surface area contributed by atoms with Crippen LogP contribution in [0, 0.1) is 5.41 Å². The van der Waals surface area contributed by atoms with E-state index in [-0.39, 0.29) is 22.1 Å². The van der Waals surface area contributed by atoms with E-state index in [9.17, 15) is 9.59 Å². The number of nitrogens with zero attached hydrogens (tertiary/aromatic N) is 4. The van der Waals surface area contributed by atoms with Gasteiger partial charge < -0.3 is 19.4 Å². The quantitative estimate of drug-likeness (QED) is 0.172. The normalized spacial score (nSPS) is 18.9. The lowest BCUT2D eigenvalue weighted by Gasteiger charge is -2.35. The molecular formula is C44H42F4N6O4. The van der Waals surface area contributed by atoms with E-state index in [0.29, 0.717) is 58.2 Å². The maximum absolute atomic E-state index is 16.2. The minimum absolute atomic E-state index is 0.00480. The molecule has 10 nitrogen and oxygen atoms in total. The fourth-order valence-corrected chi connectivity index (χ4v) is 8.12. The molecule has 58 heavy (non-hydrogen) atoms. The van der Waals surface area contributed by atoms with Crippen LogP contribution < -0.4 is 0 Å². The minimum Gasteiger partial charge on any atom is -0.444 e. The lowest BCUT2D eigenvalue weighted by molar-refractivity contribution is -0.225. The lowest BCUT2D eigenvalue weighted by Crippen LogP contribution is -2.39. The summed E-state index contributed by atoms with van der Waals surface area (Å²) in [5.74, 6) is -8.22. The molecule has 4 heterocycles. The first-order valence-corrected chi connectivity index (χ1v) is 19.2. The second-order valence-corrected chi connectivity index (χ2v) is 17.7. The van der Waals surface area contributed by atoms with Crippen molar-refractivity contribution in [2.75, 3.05) is 6.54 Å². The molecule has 1 saturated heterocycles. The highest BCUT2D eigenvalue weighted by molar-refractivity contribution is 5.87. The van der Waals surface area contributed by atoms with Crippen molar-refractivity contribution in [2.45, 2.75) is 89.9 Å². The average Bonchev–Trinajstić information content (AvgIpc) is 3.64. The fraction of sp³-hybridized carbons (Fsp3) is 0.364. The monoisotopic (exact) mass is 794 g/mol. The van der Waals surface area contributed by atoms with Crippen LogP contribution in [-0.2, 0) is 21.3 Å². The largest absolute Gasteiger partial charge is 0.444 e. The van der Waals surface area contributed by atoms with Crippen LogP contribution in [0.25, 0.3) is 56.1 Å². The number of imidazole rings is 2. The van der Waals surface area contributed by atoms with Crippen molar-refractivity contribution in [1.29, 1.82) is 0 Å². The number of carbonyl (C=O) groups is 2. The van der Waals surface area contributed by atoms with E-state index < -0.39 is 52.4 Å². The van der Waals surface area contributed by atoms with Gasteiger partial charge in [0.15, 0.2) is 5.82 Å². The molecule has 0 bridgehead atoms. The molecule has 0 radical (unpaired) electrons. The average molecular weight is 795 g/mol. The van der Waals surface area contributed by atoms with Crippen LogP contribution in [0.3, 0.4) is 0 Å². The van der Waals surface area contributed by atoms with E-state index in [4.69, 9.17) is 9.47 Å². The number of rotatable bonds is 4. The Kier molecular flexibility index (Phi) is 8.14. The summed E-state index contributed by atoms with van der Waals surface area (Å²) in [5, 5.41) is 0.